The monoisotopic (exact) mass is 558 g/mol. The summed E-state index contributed by atoms with van der Waals surface area (Å²) in [5.41, 5.74) is 4.93. The highest BCUT2D eigenvalue weighted by atomic mass is 32.2. The van der Waals surface area contributed by atoms with Crippen molar-refractivity contribution in [2.24, 2.45) is 5.14 Å². The first kappa shape index (κ1) is 27.5. The summed E-state index contributed by atoms with van der Waals surface area (Å²) in [5.74, 6) is -0.0367. The van der Waals surface area contributed by atoms with E-state index in [1.165, 1.54) is 6.07 Å². The van der Waals surface area contributed by atoms with Gasteiger partial charge in [0.25, 0.3) is 5.91 Å². The van der Waals surface area contributed by atoms with Crippen molar-refractivity contribution in [3.05, 3.63) is 83.4 Å². The topological polar surface area (TPSA) is 123 Å². The fourth-order valence-corrected chi connectivity index (χ4v) is 6.29. The minimum atomic E-state index is -3.84. The second-order valence-electron chi connectivity index (χ2n) is 10.4. The van der Waals surface area contributed by atoms with Crippen LogP contribution in [-0.4, -0.2) is 64.5 Å². The number of aryl methyl sites for hydroxylation is 1. The summed E-state index contributed by atoms with van der Waals surface area (Å²) < 4.78 is 24.1. The number of primary sulfonamides is 1. The molecule has 9 nitrogen and oxygen atoms in total. The van der Waals surface area contributed by atoms with Gasteiger partial charge in [-0.25, -0.2) is 13.6 Å². The van der Waals surface area contributed by atoms with Gasteiger partial charge in [-0.3, -0.25) is 4.79 Å². The van der Waals surface area contributed by atoms with Gasteiger partial charge >= 0.3 is 0 Å². The third-order valence-electron chi connectivity index (χ3n) is 7.78. The molecule has 2 fully saturated rings. The minimum absolute atomic E-state index is 0.0367. The zero-order chi connectivity index (χ0) is 28.3. The summed E-state index contributed by atoms with van der Waals surface area (Å²) in [6, 6.07) is 22.8. The lowest BCUT2D eigenvalue weighted by atomic mass is 10.0. The van der Waals surface area contributed by atoms with Gasteiger partial charge in [-0.2, -0.15) is 5.26 Å². The molecule has 10 heteroatoms. The van der Waals surface area contributed by atoms with E-state index in [4.69, 9.17) is 5.14 Å². The molecular weight excluding hydrogens is 524 g/mol. The van der Waals surface area contributed by atoms with E-state index in [1.807, 2.05) is 59.2 Å². The highest BCUT2D eigenvalue weighted by molar-refractivity contribution is 7.89. The van der Waals surface area contributed by atoms with Crippen LogP contribution in [0.25, 0.3) is 0 Å². The zero-order valence-corrected chi connectivity index (χ0v) is 23.4. The van der Waals surface area contributed by atoms with Gasteiger partial charge in [0.15, 0.2) is 0 Å². The van der Waals surface area contributed by atoms with Crippen molar-refractivity contribution in [2.45, 2.75) is 30.7 Å². The van der Waals surface area contributed by atoms with Crippen molar-refractivity contribution >= 4 is 33.0 Å². The lowest BCUT2D eigenvalue weighted by Gasteiger charge is -2.37. The number of nitrogens with two attached hydrogens (primary N) is 1. The Labute approximate surface area is 235 Å². The van der Waals surface area contributed by atoms with Gasteiger partial charge in [0.05, 0.1) is 16.9 Å². The molecule has 3 N–H and O–H groups in total. The first-order chi connectivity index (χ1) is 19.2. The van der Waals surface area contributed by atoms with E-state index < -0.39 is 10.0 Å². The molecule has 3 aromatic rings. The van der Waals surface area contributed by atoms with Crippen LogP contribution in [0.5, 0.6) is 0 Å². The summed E-state index contributed by atoms with van der Waals surface area (Å²) in [7, 11) is -3.84. The maximum Gasteiger partial charge on any atom is 0.254 e. The molecule has 5 rings (SSSR count). The second kappa shape index (κ2) is 11.6. The number of hydrogen-bond donors (Lipinski definition) is 2. The summed E-state index contributed by atoms with van der Waals surface area (Å²) >= 11 is 0. The van der Waals surface area contributed by atoms with E-state index in [-0.39, 0.29) is 16.8 Å². The largest absolute Gasteiger partial charge is 0.382 e. The number of rotatable bonds is 6. The Morgan fingerprint density at radius 3 is 2.20 bits per heavy atom. The molecule has 0 atom stereocenters. The maximum absolute atomic E-state index is 13.4. The summed E-state index contributed by atoms with van der Waals surface area (Å²) in [6.07, 6.45) is 1.86. The normalized spacial score (nSPS) is 16.5. The number of benzene rings is 3. The minimum Gasteiger partial charge on any atom is -0.382 e. The molecule has 1 amide bonds. The molecule has 0 aliphatic carbocycles. The quantitative estimate of drug-likeness (QED) is 0.474. The number of hydrogen-bond acceptors (Lipinski definition) is 7. The van der Waals surface area contributed by atoms with Crippen molar-refractivity contribution in [3.63, 3.8) is 0 Å². The van der Waals surface area contributed by atoms with Gasteiger partial charge in [0.1, 0.15) is 11.0 Å². The van der Waals surface area contributed by atoms with E-state index in [1.54, 1.807) is 18.2 Å². The molecule has 0 bridgehead atoms. The van der Waals surface area contributed by atoms with Crippen molar-refractivity contribution < 1.29 is 13.2 Å². The van der Waals surface area contributed by atoms with Gasteiger partial charge in [-0.15, -0.1) is 0 Å². The molecule has 2 saturated heterocycles. The average molecular weight is 559 g/mol. The van der Waals surface area contributed by atoms with Crippen molar-refractivity contribution in [1.29, 1.82) is 5.26 Å². The Bertz CT molecular complexity index is 1530. The predicted molar refractivity (Wildman–Crippen MR) is 157 cm³/mol. The van der Waals surface area contributed by atoms with Crippen LogP contribution in [0.15, 0.2) is 71.6 Å². The number of nitrogens with one attached hydrogen (secondary N) is 1. The van der Waals surface area contributed by atoms with Crippen LogP contribution in [0.3, 0.4) is 0 Å². The fourth-order valence-electron chi connectivity index (χ4n) is 5.53. The van der Waals surface area contributed by atoms with Crippen molar-refractivity contribution in [3.8, 4) is 6.07 Å². The standard InChI is InChI=1S/C30H34N6O3S/c1-22-10-11-23(20-26(22)33-25-12-14-34(15-13-25)27-7-3-2-6-24(27)21-31)30(37)36-18-16-35(17-19-36)28-8-4-5-9-29(28)40(32,38)39/h2-11,20,25,33H,12-19H2,1H3,(H2,32,38,39). The number of piperazine rings is 1. The molecule has 0 unspecified atom stereocenters. The number of piperidine rings is 1. The van der Waals surface area contributed by atoms with Crippen LogP contribution in [0.1, 0.15) is 34.3 Å². The zero-order valence-electron chi connectivity index (χ0n) is 22.6. The molecule has 208 valence electrons. The number of anilines is 3. The Morgan fingerprint density at radius 1 is 0.900 bits per heavy atom. The van der Waals surface area contributed by atoms with Crippen LogP contribution >= 0.6 is 0 Å². The first-order valence-corrected chi connectivity index (χ1v) is 15.1. The molecule has 3 aromatic carbocycles. The number of nitriles is 1. The molecule has 0 saturated carbocycles. The van der Waals surface area contributed by atoms with Crippen LogP contribution in [-0.2, 0) is 10.0 Å². The lowest BCUT2D eigenvalue weighted by molar-refractivity contribution is 0.0746. The molecule has 2 aliphatic rings. The van der Waals surface area contributed by atoms with Crippen LogP contribution in [0.4, 0.5) is 17.1 Å². The predicted octanol–water partition coefficient (Wildman–Crippen LogP) is 3.56. The molecule has 2 heterocycles. The third kappa shape index (κ3) is 5.91. The molecule has 2 aliphatic heterocycles. The Kier molecular flexibility index (Phi) is 7.96. The Hall–Kier alpha value is -4.07. The maximum atomic E-state index is 13.4. The SMILES string of the molecule is Cc1ccc(C(=O)N2CCN(c3ccccc3S(N)(=O)=O)CC2)cc1NC1CCN(c2ccccc2C#N)CC1. The van der Waals surface area contributed by atoms with E-state index in [2.05, 4.69) is 16.3 Å². The smallest absolute Gasteiger partial charge is 0.254 e. The number of nitrogens with zero attached hydrogens (tertiary/aromatic N) is 4. The van der Waals surface area contributed by atoms with Crippen molar-refractivity contribution in [1.82, 2.24) is 4.90 Å². The Morgan fingerprint density at radius 2 is 1.52 bits per heavy atom. The molecule has 0 aromatic heterocycles. The number of amides is 1. The number of carbonyl (C=O) groups is 1. The highest BCUT2D eigenvalue weighted by Gasteiger charge is 2.26. The average Bonchev–Trinajstić information content (AvgIpc) is 2.98. The van der Waals surface area contributed by atoms with Gasteiger partial charge in [0, 0.05) is 56.6 Å². The van der Waals surface area contributed by atoms with E-state index >= 15 is 0 Å². The van der Waals surface area contributed by atoms with Gasteiger partial charge in [0.2, 0.25) is 10.0 Å². The van der Waals surface area contributed by atoms with E-state index in [0.29, 0.717) is 43.0 Å². The van der Waals surface area contributed by atoms with Gasteiger partial charge < -0.3 is 20.0 Å². The summed E-state index contributed by atoms with van der Waals surface area (Å²) in [5, 5.41) is 18.5. The van der Waals surface area contributed by atoms with E-state index in [0.717, 1.165) is 42.9 Å². The number of para-hydroxylation sites is 2. The third-order valence-corrected chi connectivity index (χ3v) is 8.74. The summed E-state index contributed by atoms with van der Waals surface area (Å²) in [6.45, 7) is 5.75. The van der Waals surface area contributed by atoms with Crippen LogP contribution in [0, 0.1) is 18.3 Å². The fraction of sp³-hybridized carbons (Fsp3) is 0.333. The molecule has 0 spiro atoms. The molecule has 0 radical (unpaired) electrons. The first-order valence-electron chi connectivity index (χ1n) is 13.5. The van der Waals surface area contributed by atoms with Gasteiger partial charge in [-0.05, 0) is 61.7 Å². The number of sulfonamides is 1. The van der Waals surface area contributed by atoms with Gasteiger partial charge in [-0.1, -0.05) is 30.3 Å². The molecule has 40 heavy (non-hydrogen) atoms. The Balaban J connectivity index is 1.21. The highest BCUT2D eigenvalue weighted by Crippen LogP contribution is 2.28. The van der Waals surface area contributed by atoms with Crippen LogP contribution in [0.2, 0.25) is 0 Å². The summed E-state index contributed by atoms with van der Waals surface area (Å²) in [4.78, 5) is 19.6. The van der Waals surface area contributed by atoms with E-state index in [9.17, 15) is 18.5 Å². The second-order valence-corrected chi connectivity index (χ2v) is 11.9. The lowest BCUT2D eigenvalue weighted by Crippen LogP contribution is -2.49. The molecular formula is C30H34N6O3S. The van der Waals surface area contributed by atoms with Crippen molar-refractivity contribution in [2.75, 3.05) is 54.4 Å². The number of carbonyl (C=O) groups excluding carboxylic acids is 1. The van der Waals surface area contributed by atoms with Crippen LogP contribution < -0.4 is 20.3 Å².